The lowest BCUT2D eigenvalue weighted by Crippen LogP contribution is -2.36. The van der Waals surface area contributed by atoms with E-state index in [1.54, 1.807) is 0 Å². The second-order valence-electron chi connectivity index (χ2n) is 4.93. The topological polar surface area (TPSA) is 40.5 Å². The molecule has 0 aromatic heterocycles. The summed E-state index contributed by atoms with van der Waals surface area (Å²) in [5, 5.41) is 9.00. The van der Waals surface area contributed by atoms with Gasteiger partial charge in [-0.3, -0.25) is 9.69 Å². The number of nitrogens with zero attached hydrogens (tertiary/aromatic N) is 1. The van der Waals surface area contributed by atoms with Gasteiger partial charge in [0.25, 0.3) is 0 Å². The van der Waals surface area contributed by atoms with E-state index >= 15 is 0 Å². The van der Waals surface area contributed by atoms with E-state index in [-0.39, 0.29) is 12.6 Å². The molecule has 0 heterocycles. The number of carboxylic acid groups (broad SMARTS) is 1. The van der Waals surface area contributed by atoms with Crippen LogP contribution in [0, 0.1) is 13.8 Å². The number of rotatable bonds is 6. The van der Waals surface area contributed by atoms with Crippen molar-refractivity contribution in [2.45, 2.75) is 46.7 Å². The zero-order chi connectivity index (χ0) is 13.7. The van der Waals surface area contributed by atoms with E-state index in [1.165, 1.54) is 16.7 Å². The Labute approximate surface area is 109 Å². The molecule has 0 fully saturated rings. The van der Waals surface area contributed by atoms with Crippen molar-refractivity contribution in [2.75, 3.05) is 6.54 Å². The molecule has 1 aromatic carbocycles. The first kappa shape index (κ1) is 14.7. The summed E-state index contributed by atoms with van der Waals surface area (Å²) >= 11 is 0. The van der Waals surface area contributed by atoms with Crippen molar-refractivity contribution in [3.8, 4) is 0 Å². The second kappa shape index (κ2) is 6.55. The predicted molar refractivity (Wildman–Crippen MR) is 73.7 cm³/mol. The molecule has 1 unspecified atom stereocenters. The zero-order valence-electron chi connectivity index (χ0n) is 11.7. The molecule has 1 aromatic rings. The first-order chi connectivity index (χ1) is 8.45. The highest BCUT2D eigenvalue weighted by Gasteiger charge is 2.17. The number of aryl methyl sites for hydroxylation is 2. The molecule has 18 heavy (non-hydrogen) atoms. The van der Waals surface area contributed by atoms with Gasteiger partial charge in [0.1, 0.15) is 0 Å². The van der Waals surface area contributed by atoms with Gasteiger partial charge >= 0.3 is 5.97 Å². The van der Waals surface area contributed by atoms with Crippen molar-refractivity contribution in [2.24, 2.45) is 0 Å². The van der Waals surface area contributed by atoms with Crippen molar-refractivity contribution in [3.63, 3.8) is 0 Å². The fraction of sp³-hybridized carbons (Fsp3) is 0.533. The number of carboxylic acids is 1. The Kier molecular flexibility index (Phi) is 5.35. The Hall–Kier alpha value is -1.35. The quantitative estimate of drug-likeness (QED) is 0.842. The van der Waals surface area contributed by atoms with Crippen molar-refractivity contribution in [1.82, 2.24) is 4.90 Å². The average Bonchev–Trinajstić information content (AvgIpc) is 2.31. The van der Waals surface area contributed by atoms with E-state index < -0.39 is 5.97 Å². The van der Waals surface area contributed by atoms with E-state index in [2.05, 4.69) is 39.8 Å². The third kappa shape index (κ3) is 3.84. The van der Waals surface area contributed by atoms with Gasteiger partial charge in [-0.25, -0.2) is 0 Å². The smallest absolute Gasteiger partial charge is 0.317 e. The molecule has 0 saturated heterocycles. The van der Waals surface area contributed by atoms with Crippen LogP contribution in [0.3, 0.4) is 0 Å². The number of carbonyl (C=O) groups is 1. The van der Waals surface area contributed by atoms with Gasteiger partial charge in [0.15, 0.2) is 0 Å². The summed E-state index contributed by atoms with van der Waals surface area (Å²) < 4.78 is 0. The Bertz CT molecular complexity index is 395. The predicted octanol–water partition coefficient (Wildman–Crippen LogP) is 2.99. The summed E-state index contributed by atoms with van der Waals surface area (Å²) in [7, 11) is 0. The highest BCUT2D eigenvalue weighted by molar-refractivity contribution is 5.69. The number of hydrogen-bond acceptors (Lipinski definition) is 2. The first-order valence-corrected chi connectivity index (χ1v) is 6.46. The van der Waals surface area contributed by atoms with Gasteiger partial charge in [0, 0.05) is 12.6 Å². The Balaban J connectivity index is 2.92. The Morgan fingerprint density at radius 3 is 2.33 bits per heavy atom. The monoisotopic (exact) mass is 249 g/mol. The second-order valence-corrected chi connectivity index (χ2v) is 4.93. The normalized spacial score (nSPS) is 12.7. The molecule has 1 rings (SSSR count). The van der Waals surface area contributed by atoms with Gasteiger partial charge in [0.2, 0.25) is 0 Å². The maximum absolute atomic E-state index is 10.9. The van der Waals surface area contributed by atoms with Crippen LogP contribution in [0.25, 0.3) is 0 Å². The van der Waals surface area contributed by atoms with Crippen LogP contribution < -0.4 is 0 Å². The summed E-state index contributed by atoms with van der Waals surface area (Å²) in [5.74, 6) is -0.762. The van der Waals surface area contributed by atoms with Crippen LogP contribution in [-0.4, -0.2) is 28.6 Å². The third-order valence-electron chi connectivity index (χ3n) is 3.56. The minimum atomic E-state index is -0.762. The summed E-state index contributed by atoms with van der Waals surface area (Å²) in [5.41, 5.74) is 3.71. The van der Waals surface area contributed by atoms with Gasteiger partial charge in [-0.2, -0.15) is 0 Å². The third-order valence-corrected chi connectivity index (χ3v) is 3.56. The van der Waals surface area contributed by atoms with Crippen LogP contribution in [0.5, 0.6) is 0 Å². The van der Waals surface area contributed by atoms with Gasteiger partial charge < -0.3 is 5.11 Å². The molecule has 100 valence electrons. The highest BCUT2D eigenvalue weighted by Crippen LogP contribution is 2.17. The molecule has 3 nitrogen and oxygen atoms in total. The fourth-order valence-electron chi connectivity index (χ4n) is 2.10. The maximum atomic E-state index is 10.9. The molecule has 0 saturated carbocycles. The van der Waals surface area contributed by atoms with Gasteiger partial charge in [-0.15, -0.1) is 0 Å². The highest BCUT2D eigenvalue weighted by atomic mass is 16.4. The van der Waals surface area contributed by atoms with E-state index in [9.17, 15) is 4.79 Å². The Morgan fingerprint density at radius 1 is 1.33 bits per heavy atom. The molecule has 1 atom stereocenters. The van der Waals surface area contributed by atoms with E-state index in [1.807, 2.05) is 11.0 Å². The first-order valence-electron chi connectivity index (χ1n) is 6.46. The van der Waals surface area contributed by atoms with Crippen LogP contribution >= 0.6 is 0 Å². The van der Waals surface area contributed by atoms with Crippen molar-refractivity contribution in [3.05, 3.63) is 34.9 Å². The largest absolute Gasteiger partial charge is 0.480 e. The molecule has 0 radical (unpaired) electrons. The molecule has 0 spiro atoms. The standard InChI is InChI=1S/C15H23NO2/c1-5-13(4)16(10-15(17)18)9-14-11(2)7-6-8-12(14)3/h6-8,13H,5,9-10H2,1-4H3,(H,17,18). The van der Waals surface area contributed by atoms with E-state index in [4.69, 9.17) is 5.11 Å². The van der Waals surface area contributed by atoms with Crippen molar-refractivity contribution >= 4 is 5.97 Å². The summed E-state index contributed by atoms with van der Waals surface area (Å²) in [6, 6.07) is 6.48. The molecule has 0 aliphatic heterocycles. The SMILES string of the molecule is CCC(C)N(CC(=O)O)Cc1c(C)cccc1C. The van der Waals surface area contributed by atoms with Gasteiger partial charge in [-0.05, 0) is 43.9 Å². The van der Waals surface area contributed by atoms with Crippen molar-refractivity contribution in [1.29, 1.82) is 0 Å². The molecule has 0 bridgehead atoms. The molecule has 0 amide bonds. The molecule has 3 heteroatoms. The average molecular weight is 249 g/mol. The number of hydrogen-bond donors (Lipinski definition) is 1. The van der Waals surface area contributed by atoms with Gasteiger partial charge in [-0.1, -0.05) is 25.1 Å². The maximum Gasteiger partial charge on any atom is 0.317 e. The Morgan fingerprint density at radius 2 is 1.89 bits per heavy atom. The van der Waals surface area contributed by atoms with Crippen LogP contribution in [-0.2, 0) is 11.3 Å². The molecule has 1 N–H and O–H groups in total. The summed E-state index contributed by atoms with van der Waals surface area (Å²) in [6.07, 6.45) is 0.957. The lowest BCUT2D eigenvalue weighted by Gasteiger charge is -2.28. The minimum Gasteiger partial charge on any atom is -0.480 e. The fourth-order valence-corrected chi connectivity index (χ4v) is 2.10. The van der Waals surface area contributed by atoms with E-state index in [0.29, 0.717) is 6.54 Å². The van der Waals surface area contributed by atoms with Crippen molar-refractivity contribution < 1.29 is 9.90 Å². The molecule has 0 aliphatic rings. The zero-order valence-corrected chi connectivity index (χ0v) is 11.7. The minimum absolute atomic E-state index is 0.1000. The van der Waals surface area contributed by atoms with E-state index in [0.717, 1.165) is 6.42 Å². The van der Waals surface area contributed by atoms with Gasteiger partial charge in [0.05, 0.1) is 6.54 Å². The van der Waals surface area contributed by atoms with Crippen LogP contribution in [0.2, 0.25) is 0 Å². The molecule has 0 aliphatic carbocycles. The lowest BCUT2D eigenvalue weighted by molar-refractivity contribution is -0.139. The van der Waals surface area contributed by atoms with Crippen LogP contribution in [0.4, 0.5) is 0 Å². The van der Waals surface area contributed by atoms with Crippen LogP contribution in [0.1, 0.15) is 37.0 Å². The van der Waals surface area contributed by atoms with Crippen LogP contribution in [0.15, 0.2) is 18.2 Å². The molecular weight excluding hydrogens is 226 g/mol. The number of aliphatic carboxylic acids is 1. The summed E-state index contributed by atoms with van der Waals surface area (Å²) in [4.78, 5) is 13.0. The number of benzene rings is 1. The molecular formula is C15H23NO2. The summed E-state index contributed by atoms with van der Waals surface area (Å²) in [6.45, 7) is 9.14. The lowest BCUT2D eigenvalue weighted by atomic mass is 10.0.